The van der Waals surface area contributed by atoms with Crippen LogP contribution in [0.25, 0.3) is 0 Å². The standard InChI is InChI=1S/C33H26BCl2FN2O8/c1-47-24-7-3-6-22(27(24)40)26-20-12-13-21-25(29(42)38(28(21)41)19-5-2-4-16(14-19)34(45)46)23(20)15-32(35)30(43)39(31(44)33(26,32)36)18-10-8-17(37)9-11-18/h2-12,14,21,23,25-26,40,45-46H,13,15H2,1H3/t21-,23+,25-,26+,32+,33-/m0/s1. The van der Waals surface area contributed by atoms with E-state index in [0.29, 0.717) is 5.57 Å². The number of allylic oxidation sites excluding steroid dienone is 2. The minimum Gasteiger partial charge on any atom is -0.504 e. The number of aromatic hydroxyl groups is 1. The highest BCUT2D eigenvalue weighted by Gasteiger charge is 2.77. The van der Waals surface area contributed by atoms with Gasteiger partial charge in [0, 0.05) is 11.5 Å². The molecular formula is C33H26BCl2FN2O8. The second kappa shape index (κ2) is 10.9. The number of fused-ring (bicyclic) bond motifs is 4. The number of methoxy groups -OCH3 is 1. The number of ether oxygens (including phenoxy) is 1. The van der Waals surface area contributed by atoms with Crippen LogP contribution in [0.5, 0.6) is 11.5 Å². The Balaban J connectivity index is 1.40. The summed E-state index contributed by atoms with van der Waals surface area (Å²) < 4.78 is 19.2. The van der Waals surface area contributed by atoms with Crippen LogP contribution in [0.1, 0.15) is 24.3 Å². The summed E-state index contributed by atoms with van der Waals surface area (Å²) in [6.45, 7) is 0. The molecule has 0 radical (unpaired) electrons. The van der Waals surface area contributed by atoms with Gasteiger partial charge in [0.05, 0.1) is 30.3 Å². The van der Waals surface area contributed by atoms with E-state index in [1.807, 2.05) is 0 Å². The second-order valence-electron chi connectivity index (χ2n) is 12.1. The number of rotatable bonds is 5. The van der Waals surface area contributed by atoms with E-state index in [1.165, 1.54) is 55.6 Å². The van der Waals surface area contributed by atoms with Crippen molar-refractivity contribution < 1.29 is 43.5 Å². The molecule has 10 nitrogen and oxygen atoms in total. The van der Waals surface area contributed by atoms with Crippen molar-refractivity contribution in [2.24, 2.45) is 17.8 Å². The summed E-state index contributed by atoms with van der Waals surface area (Å²) in [4.78, 5) is 54.2. The zero-order valence-electron chi connectivity index (χ0n) is 24.6. The molecule has 2 saturated heterocycles. The van der Waals surface area contributed by atoms with Gasteiger partial charge in [-0.2, -0.15) is 0 Å². The highest BCUT2D eigenvalue weighted by atomic mass is 35.5. The Morgan fingerprint density at radius 1 is 0.894 bits per heavy atom. The lowest BCUT2D eigenvalue weighted by Gasteiger charge is -2.50. The van der Waals surface area contributed by atoms with Crippen molar-refractivity contribution in [1.29, 1.82) is 0 Å². The van der Waals surface area contributed by atoms with Gasteiger partial charge in [-0.15, -0.1) is 23.2 Å². The molecule has 3 aromatic carbocycles. The van der Waals surface area contributed by atoms with E-state index >= 15 is 0 Å². The first kappa shape index (κ1) is 31.4. The largest absolute Gasteiger partial charge is 0.504 e. The lowest BCUT2D eigenvalue weighted by molar-refractivity contribution is -0.125. The maximum Gasteiger partial charge on any atom is 0.488 e. The molecule has 2 heterocycles. The first-order valence-electron chi connectivity index (χ1n) is 14.8. The monoisotopic (exact) mass is 678 g/mol. The lowest BCUT2D eigenvalue weighted by Crippen LogP contribution is -2.60. The van der Waals surface area contributed by atoms with Gasteiger partial charge < -0.3 is 19.9 Å². The van der Waals surface area contributed by atoms with E-state index in [9.17, 15) is 38.7 Å². The van der Waals surface area contributed by atoms with E-state index in [4.69, 9.17) is 27.9 Å². The Bertz CT molecular complexity index is 1910. The number of nitrogens with zero attached hydrogens (tertiary/aromatic N) is 2. The molecule has 0 bridgehead atoms. The summed E-state index contributed by atoms with van der Waals surface area (Å²) in [5.41, 5.74) is 0.820. The Kier molecular flexibility index (Phi) is 7.29. The molecule has 0 spiro atoms. The molecule has 14 heteroatoms. The molecule has 4 amide bonds. The van der Waals surface area contributed by atoms with Crippen molar-refractivity contribution in [2.75, 3.05) is 16.9 Å². The van der Waals surface area contributed by atoms with E-state index in [1.54, 1.807) is 12.1 Å². The molecule has 6 atom stereocenters. The molecule has 240 valence electrons. The highest BCUT2D eigenvalue weighted by molar-refractivity contribution is 6.59. The molecule has 3 fully saturated rings. The van der Waals surface area contributed by atoms with Crippen LogP contribution in [0, 0.1) is 23.6 Å². The maximum atomic E-state index is 14.4. The van der Waals surface area contributed by atoms with E-state index in [-0.39, 0.29) is 46.7 Å². The predicted molar refractivity (Wildman–Crippen MR) is 170 cm³/mol. The third-order valence-corrected chi connectivity index (χ3v) is 11.3. The minimum atomic E-state index is -2.23. The lowest BCUT2D eigenvalue weighted by atomic mass is 9.56. The van der Waals surface area contributed by atoms with Crippen LogP contribution in [-0.4, -0.2) is 62.8 Å². The van der Waals surface area contributed by atoms with Gasteiger partial charge in [0.1, 0.15) is 5.82 Å². The summed E-state index contributed by atoms with van der Waals surface area (Å²) in [5, 5.41) is 30.8. The zero-order chi connectivity index (χ0) is 33.6. The van der Waals surface area contributed by atoms with Crippen molar-refractivity contribution in [3.05, 3.63) is 89.8 Å². The van der Waals surface area contributed by atoms with Gasteiger partial charge in [0.2, 0.25) is 11.8 Å². The smallest absolute Gasteiger partial charge is 0.488 e. The van der Waals surface area contributed by atoms with Gasteiger partial charge in [-0.1, -0.05) is 35.9 Å². The van der Waals surface area contributed by atoms with Gasteiger partial charge in [-0.05, 0) is 66.7 Å². The third kappa shape index (κ3) is 4.25. The van der Waals surface area contributed by atoms with Crippen molar-refractivity contribution in [3.8, 4) is 11.5 Å². The molecular weight excluding hydrogens is 653 g/mol. The summed E-state index contributed by atoms with van der Waals surface area (Å²) in [5.74, 6) is -7.81. The van der Waals surface area contributed by atoms with Crippen LogP contribution in [0.3, 0.4) is 0 Å². The topological polar surface area (TPSA) is 145 Å². The van der Waals surface area contributed by atoms with Crippen LogP contribution in [-0.2, 0) is 19.2 Å². The average molecular weight is 679 g/mol. The van der Waals surface area contributed by atoms with E-state index in [0.717, 1.165) is 21.9 Å². The summed E-state index contributed by atoms with van der Waals surface area (Å²) in [7, 11) is -0.492. The Morgan fingerprint density at radius 3 is 2.28 bits per heavy atom. The van der Waals surface area contributed by atoms with Crippen LogP contribution < -0.4 is 20.0 Å². The van der Waals surface area contributed by atoms with Crippen molar-refractivity contribution in [1.82, 2.24) is 0 Å². The molecule has 7 rings (SSSR count). The molecule has 3 N–H and O–H groups in total. The molecule has 2 aliphatic heterocycles. The minimum absolute atomic E-state index is 0.0311. The summed E-state index contributed by atoms with van der Waals surface area (Å²) in [6.07, 6.45) is 1.49. The molecule has 0 unspecified atom stereocenters. The number of halogens is 3. The van der Waals surface area contributed by atoms with Crippen LogP contribution >= 0.6 is 23.2 Å². The molecule has 3 aromatic rings. The maximum absolute atomic E-state index is 14.4. The van der Waals surface area contributed by atoms with E-state index in [2.05, 4.69) is 0 Å². The molecule has 4 aliphatic rings. The van der Waals surface area contributed by atoms with Gasteiger partial charge in [-0.3, -0.25) is 24.1 Å². The number of anilines is 2. The molecule has 47 heavy (non-hydrogen) atoms. The fourth-order valence-corrected chi connectivity index (χ4v) is 8.69. The van der Waals surface area contributed by atoms with Crippen LogP contribution in [0.2, 0.25) is 0 Å². The van der Waals surface area contributed by atoms with Crippen molar-refractivity contribution in [2.45, 2.75) is 28.5 Å². The highest BCUT2D eigenvalue weighted by Crippen LogP contribution is 2.66. The van der Waals surface area contributed by atoms with Crippen molar-refractivity contribution >= 4 is 70.8 Å². The fraction of sp³-hybridized carbons (Fsp3) is 0.273. The van der Waals surface area contributed by atoms with Gasteiger partial charge in [0.15, 0.2) is 21.2 Å². The number of carbonyl (C=O) groups excluding carboxylic acids is 4. The number of hydrogen-bond acceptors (Lipinski definition) is 8. The van der Waals surface area contributed by atoms with Crippen molar-refractivity contribution in [3.63, 3.8) is 0 Å². The van der Waals surface area contributed by atoms with Crippen LogP contribution in [0.4, 0.5) is 15.8 Å². The first-order chi connectivity index (χ1) is 22.3. The Labute approximate surface area is 278 Å². The number of alkyl halides is 2. The average Bonchev–Trinajstić information content (AvgIpc) is 3.39. The number of phenols is 1. The quantitative estimate of drug-likeness (QED) is 0.162. The van der Waals surface area contributed by atoms with Gasteiger partial charge in [-0.25, -0.2) is 9.29 Å². The SMILES string of the molecule is COc1cccc([C@H]2C3=CC[C@@H]4C(=O)N(c5cccc(B(O)O)c5)C(=O)[C@@H]4[C@@H]3C[C@@]3(Cl)C(=O)N(c4ccc(F)cc4)C(=O)[C@@]23Cl)c1O. The third-order valence-electron chi connectivity index (χ3n) is 9.88. The first-order valence-corrected chi connectivity index (χ1v) is 15.5. The number of phenolic OH excluding ortho intramolecular Hbond substituents is 1. The molecule has 0 aromatic heterocycles. The zero-order valence-corrected chi connectivity index (χ0v) is 26.2. The number of imide groups is 2. The Morgan fingerprint density at radius 2 is 1.60 bits per heavy atom. The number of benzene rings is 3. The summed E-state index contributed by atoms with van der Waals surface area (Å²) >= 11 is 14.7. The Hall–Kier alpha value is -4.23. The fourth-order valence-electron chi connectivity index (χ4n) is 7.76. The normalized spacial score (nSPS) is 29.8. The van der Waals surface area contributed by atoms with Gasteiger partial charge in [0.25, 0.3) is 11.8 Å². The number of amides is 4. The second-order valence-corrected chi connectivity index (χ2v) is 13.4. The van der Waals surface area contributed by atoms with E-state index < -0.39 is 70.0 Å². The number of para-hydroxylation sites is 1. The molecule has 1 saturated carbocycles. The summed E-state index contributed by atoms with van der Waals surface area (Å²) in [6, 6.07) is 15.0. The molecule has 2 aliphatic carbocycles. The predicted octanol–water partition coefficient (Wildman–Crippen LogP) is 2.99. The number of hydrogen-bond donors (Lipinski definition) is 3. The van der Waals surface area contributed by atoms with Crippen LogP contribution in [0.15, 0.2) is 78.4 Å². The van der Waals surface area contributed by atoms with Gasteiger partial charge >= 0.3 is 7.12 Å². The number of carbonyl (C=O) groups is 4.